The van der Waals surface area contributed by atoms with Gasteiger partial charge in [-0.3, -0.25) is 9.59 Å². The van der Waals surface area contributed by atoms with Crippen molar-refractivity contribution in [1.29, 1.82) is 0 Å². The number of hydrogen-bond donors (Lipinski definition) is 2. The first kappa shape index (κ1) is 23.3. The van der Waals surface area contributed by atoms with Gasteiger partial charge in [-0.1, -0.05) is 54.2 Å². The highest BCUT2D eigenvalue weighted by Crippen LogP contribution is 2.30. The topological polar surface area (TPSA) is 110 Å². The van der Waals surface area contributed by atoms with E-state index in [4.69, 9.17) is 14.6 Å². The van der Waals surface area contributed by atoms with Crippen LogP contribution in [0.3, 0.4) is 0 Å². The van der Waals surface area contributed by atoms with Crippen molar-refractivity contribution in [1.82, 2.24) is 5.32 Å². The van der Waals surface area contributed by atoms with Gasteiger partial charge in [0.15, 0.2) is 16.7 Å². The van der Waals surface area contributed by atoms with Crippen molar-refractivity contribution in [3.8, 4) is 11.5 Å². The monoisotopic (exact) mass is 477 g/mol. The first-order chi connectivity index (χ1) is 16.5. The highest BCUT2D eigenvalue weighted by atomic mass is 32.2. The fourth-order valence-corrected chi connectivity index (χ4v) is 4.37. The number of carbonyl (C=O) groups excluding carboxylic acids is 1. The molecule has 2 N–H and O–H groups in total. The van der Waals surface area contributed by atoms with Crippen molar-refractivity contribution in [2.24, 2.45) is 10.2 Å². The van der Waals surface area contributed by atoms with E-state index in [0.29, 0.717) is 24.7 Å². The summed E-state index contributed by atoms with van der Waals surface area (Å²) in [5, 5.41) is 21.3. The molecule has 0 radical (unpaired) electrons. The van der Waals surface area contributed by atoms with Crippen molar-refractivity contribution in [3.05, 3.63) is 71.8 Å². The molecule has 1 saturated heterocycles. The van der Waals surface area contributed by atoms with Crippen molar-refractivity contribution in [2.45, 2.75) is 25.2 Å². The van der Waals surface area contributed by atoms with Crippen molar-refractivity contribution in [3.63, 3.8) is 0 Å². The summed E-state index contributed by atoms with van der Waals surface area (Å²) in [4.78, 5) is 22.6. The van der Waals surface area contributed by atoms with Crippen LogP contribution < -0.4 is 14.8 Å². The Morgan fingerprint density at radius 2 is 1.94 bits per heavy atom. The summed E-state index contributed by atoms with van der Waals surface area (Å²) in [5.41, 5.74) is 1.82. The third-order valence-electron chi connectivity index (χ3n) is 5.02. The normalized spacial score (nSPS) is 16.8. The van der Waals surface area contributed by atoms with Gasteiger partial charge in [0.25, 0.3) is 0 Å². The molecule has 4 rings (SSSR count). The number of benzene rings is 3. The molecule has 0 spiro atoms. The predicted octanol–water partition coefficient (Wildman–Crippen LogP) is 4.21. The number of carboxylic acid groups (broad SMARTS) is 1. The summed E-state index contributed by atoms with van der Waals surface area (Å²) in [6, 6.07) is 19.8. The van der Waals surface area contributed by atoms with Gasteiger partial charge < -0.3 is 19.9 Å². The van der Waals surface area contributed by atoms with Gasteiger partial charge in [-0.2, -0.15) is 5.10 Å². The van der Waals surface area contributed by atoms with E-state index >= 15 is 0 Å². The third-order valence-corrected chi connectivity index (χ3v) is 6.09. The Labute approximate surface area is 200 Å². The predicted molar refractivity (Wildman–Crippen MR) is 133 cm³/mol. The Morgan fingerprint density at radius 3 is 2.76 bits per heavy atom. The molecule has 1 aliphatic heterocycles. The van der Waals surface area contributed by atoms with Gasteiger partial charge in [-0.25, -0.2) is 0 Å². The summed E-state index contributed by atoms with van der Waals surface area (Å²) in [7, 11) is 0. The number of fused-ring (bicyclic) bond motifs is 1. The van der Waals surface area contributed by atoms with Crippen LogP contribution in [0.15, 0.2) is 70.9 Å². The van der Waals surface area contributed by atoms with E-state index in [1.54, 1.807) is 6.07 Å². The number of amides is 1. The molecule has 0 aliphatic carbocycles. The van der Waals surface area contributed by atoms with Crippen LogP contribution in [-0.2, 0) is 16.2 Å². The van der Waals surface area contributed by atoms with Crippen LogP contribution in [0.25, 0.3) is 10.8 Å². The molecule has 3 aromatic rings. The van der Waals surface area contributed by atoms with Crippen molar-refractivity contribution in [2.75, 3.05) is 6.61 Å². The zero-order valence-corrected chi connectivity index (χ0v) is 19.2. The van der Waals surface area contributed by atoms with E-state index in [0.717, 1.165) is 33.7 Å². The van der Waals surface area contributed by atoms with Crippen molar-refractivity contribution >= 4 is 45.8 Å². The zero-order valence-electron chi connectivity index (χ0n) is 18.4. The first-order valence-electron chi connectivity index (χ1n) is 10.7. The molecule has 1 heterocycles. The molecule has 1 aliphatic rings. The van der Waals surface area contributed by atoms with Crippen LogP contribution in [-0.4, -0.2) is 40.2 Å². The average molecular weight is 478 g/mol. The molecular weight excluding hydrogens is 454 g/mol. The SMILES string of the molecule is CCOc1cc(/C=N\N=C2\NC(=O)[C@H](CC(=O)O)S2)ccc1OCc1cccc2ccccc12. The Kier molecular flexibility index (Phi) is 7.44. The molecule has 1 atom stereocenters. The van der Waals surface area contributed by atoms with Gasteiger partial charge in [0.2, 0.25) is 5.91 Å². The maximum absolute atomic E-state index is 11.8. The summed E-state index contributed by atoms with van der Waals surface area (Å²) in [6.45, 7) is 2.77. The number of amidine groups is 1. The summed E-state index contributed by atoms with van der Waals surface area (Å²) >= 11 is 1.05. The highest BCUT2D eigenvalue weighted by molar-refractivity contribution is 8.15. The Morgan fingerprint density at radius 1 is 1.12 bits per heavy atom. The van der Waals surface area contributed by atoms with Gasteiger partial charge in [-0.15, -0.1) is 5.10 Å². The van der Waals surface area contributed by atoms with Gasteiger partial charge in [0.1, 0.15) is 11.9 Å². The molecular formula is C25H23N3O5S. The molecule has 8 nitrogen and oxygen atoms in total. The Bertz CT molecular complexity index is 1270. The molecule has 34 heavy (non-hydrogen) atoms. The minimum absolute atomic E-state index is 0.267. The lowest BCUT2D eigenvalue weighted by atomic mass is 10.1. The van der Waals surface area contributed by atoms with Crippen LogP contribution in [0.4, 0.5) is 0 Å². The maximum Gasteiger partial charge on any atom is 0.305 e. The lowest BCUT2D eigenvalue weighted by Crippen LogP contribution is -2.26. The summed E-state index contributed by atoms with van der Waals surface area (Å²) < 4.78 is 11.8. The second kappa shape index (κ2) is 10.8. The Hall–Kier alpha value is -3.85. The largest absolute Gasteiger partial charge is 0.490 e. The molecule has 0 aromatic heterocycles. The average Bonchev–Trinajstić information content (AvgIpc) is 3.17. The van der Waals surface area contributed by atoms with Gasteiger partial charge >= 0.3 is 5.97 Å². The molecule has 0 saturated carbocycles. The number of ether oxygens (including phenoxy) is 2. The molecule has 1 fully saturated rings. The van der Waals surface area contributed by atoms with E-state index in [1.165, 1.54) is 6.21 Å². The number of nitrogens with one attached hydrogen (secondary N) is 1. The number of aliphatic carboxylic acids is 1. The number of hydrogen-bond acceptors (Lipinski definition) is 7. The highest BCUT2D eigenvalue weighted by Gasteiger charge is 2.32. The number of thioether (sulfide) groups is 1. The third kappa shape index (κ3) is 5.74. The maximum atomic E-state index is 11.8. The first-order valence-corrected chi connectivity index (χ1v) is 11.6. The fraction of sp³-hybridized carbons (Fsp3) is 0.200. The van der Waals surface area contributed by atoms with Crippen molar-refractivity contribution < 1.29 is 24.2 Å². The van der Waals surface area contributed by atoms with E-state index < -0.39 is 11.2 Å². The number of carbonyl (C=O) groups is 2. The van der Waals surface area contributed by atoms with E-state index in [2.05, 4.69) is 33.7 Å². The standard InChI is InChI=1S/C25H23N3O5S/c1-2-32-21-12-16(14-26-28-25-27-24(31)22(34-25)13-23(29)30)10-11-20(21)33-15-18-8-5-7-17-6-3-4-9-19(17)18/h3-12,14,22H,2,13,15H2,1H3,(H,29,30)(H,27,28,31)/b26-14-/t22-/m0/s1. The number of nitrogens with zero attached hydrogens (tertiary/aromatic N) is 2. The molecule has 0 bridgehead atoms. The van der Waals surface area contributed by atoms with Gasteiger partial charge in [0.05, 0.1) is 19.2 Å². The molecule has 3 aromatic carbocycles. The quantitative estimate of drug-likeness (QED) is 0.353. The van der Waals surface area contributed by atoms with E-state index in [9.17, 15) is 9.59 Å². The molecule has 0 unspecified atom stereocenters. The second-order valence-corrected chi connectivity index (χ2v) is 8.60. The van der Waals surface area contributed by atoms with Crippen LogP contribution in [0, 0.1) is 0 Å². The Balaban J connectivity index is 1.45. The lowest BCUT2D eigenvalue weighted by molar-refractivity contribution is -0.138. The van der Waals surface area contributed by atoms with E-state index in [1.807, 2.05) is 43.3 Å². The summed E-state index contributed by atoms with van der Waals surface area (Å²) in [6.07, 6.45) is 1.26. The minimum Gasteiger partial charge on any atom is -0.490 e. The molecule has 1 amide bonds. The lowest BCUT2D eigenvalue weighted by Gasteiger charge is -2.13. The van der Waals surface area contributed by atoms with Gasteiger partial charge in [0, 0.05) is 0 Å². The minimum atomic E-state index is -1.04. The second-order valence-electron chi connectivity index (χ2n) is 7.41. The molecule has 9 heteroatoms. The van der Waals surface area contributed by atoms with Crippen LogP contribution in [0.1, 0.15) is 24.5 Å². The van der Waals surface area contributed by atoms with Gasteiger partial charge in [-0.05, 0) is 47.0 Å². The smallest absolute Gasteiger partial charge is 0.305 e. The van der Waals surface area contributed by atoms with Crippen LogP contribution >= 0.6 is 11.8 Å². The molecule has 174 valence electrons. The van der Waals surface area contributed by atoms with Crippen LogP contribution in [0.2, 0.25) is 0 Å². The zero-order chi connectivity index (χ0) is 23.9. The fourth-order valence-electron chi connectivity index (χ4n) is 3.46. The number of rotatable bonds is 9. The number of carboxylic acids is 1. The van der Waals surface area contributed by atoms with E-state index in [-0.39, 0.29) is 17.5 Å². The summed E-state index contributed by atoms with van der Waals surface area (Å²) in [5.74, 6) is -0.214. The van der Waals surface area contributed by atoms with Crippen LogP contribution in [0.5, 0.6) is 11.5 Å².